The fourth-order valence-electron chi connectivity index (χ4n) is 1.15. The van der Waals surface area contributed by atoms with E-state index in [1.807, 2.05) is 0 Å². The van der Waals surface area contributed by atoms with Gasteiger partial charge in [0, 0.05) is 5.25 Å². The minimum Gasteiger partial charge on any atom is -0.481 e. The van der Waals surface area contributed by atoms with Crippen LogP contribution < -0.4 is 0 Å². The van der Waals surface area contributed by atoms with Crippen molar-refractivity contribution in [3.8, 4) is 0 Å². The number of allylic oxidation sites excluding steroid dienone is 4. The van der Waals surface area contributed by atoms with Gasteiger partial charge in [-0.05, 0) is 25.7 Å². The summed E-state index contributed by atoms with van der Waals surface area (Å²) in [4.78, 5) is 10.3. The highest BCUT2D eigenvalue weighted by Crippen LogP contribution is 2.09. The van der Waals surface area contributed by atoms with Crippen LogP contribution in [0.5, 0.6) is 0 Å². The first kappa shape index (κ1) is 14.3. The molecule has 0 saturated carbocycles. The van der Waals surface area contributed by atoms with E-state index in [-0.39, 0.29) is 11.7 Å². The second-order valence-electron chi connectivity index (χ2n) is 3.42. The molecule has 0 aliphatic heterocycles. The van der Waals surface area contributed by atoms with E-state index in [2.05, 4.69) is 43.9 Å². The molecule has 0 aliphatic rings. The maximum Gasteiger partial charge on any atom is 0.304 e. The van der Waals surface area contributed by atoms with Gasteiger partial charge < -0.3 is 5.11 Å². The number of thiol groups is 1. The molecule has 0 spiro atoms. The molecular formula is C12H20O2S. The lowest BCUT2D eigenvalue weighted by Gasteiger charge is -2.04. The van der Waals surface area contributed by atoms with E-state index in [1.54, 1.807) is 0 Å². The van der Waals surface area contributed by atoms with Crippen molar-refractivity contribution in [2.24, 2.45) is 0 Å². The summed E-state index contributed by atoms with van der Waals surface area (Å²) in [5.41, 5.74) is 0. The number of aliphatic carboxylic acids is 1. The van der Waals surface area contributed by atoms with E-state index in [1.165, 1.54) is 0 Å². The Morgan fingerprint density at radius 2 is 2.00 bits per heavy atom. The summed E-state index contributed by atoms with van der Waals surface area (Å²) in [5, 5.41) is 8.48. The topological polar surface area (TPSA) is 37.3 Å². The molecule has 0 aliphatic carbocycles. The molecule has 0 rings (SSSR count). The van der Waals surface area contributed by atoms with Crippen LogP contribution >= 0.6 is 12.6 Å². The van der Waals surface area contributed by atoms with Gasteiger partial charge >= 0.3 is 5.97 Å². The number of hydrogen-bond donors (Lipinski definition) is 2. The Bertz CT molecular complexity index is 222. The third kappa shape index (κ3) is 11.2. The summed E-state index contributed by atoms with van der Waals surface area (Å²) in [6, 6.07) is 0. The molecule has 0 bridgehead atoms. The van der Waals surface area contributed by atoms with Crippen molar-refractivity contribution in [2.45, 2.75) is 44.3 Å². The van der Waals surface area contributed by atoms with Gasteiger partial charge in [-0.15, -0.1) is 0 Å². The monoisotopic (exact) mass is 228 g/mol. The van der Waals surface area contributed by atoms with Gasteiger partial charge in [0.15, 0.2) is 0 Å². The van der Waals surface area contributed by atoms with Gasteiger partial charge in [-0.25, -0.2) is 0 Å². The lowest BCUT2D eigenvalue weighted by Crippen LogP contribution is -2.06. The summed E-state index contributed by atoms with van der Waals surface area (Å²) >= 11 is 4.20. The fraction of sp³-hybridized carbons (Fsp3) is 0.583. The Labute approximate surface area is 97.5 Å². The molecular weight excluding hydrogens is 208 g/mol. The maximum absolute atomic E-state index is 10.3. The molecule has 1 atom stereocenters. The first-order valence-electron chi connectivity index (χ1n) is 5.36. The first-order valence-corrected chi connectivity index (χ1v) is 5.88. The SMILES string of the molecule is CC/C=C/C/C=C/CCC(S)CC(=O)O. The van der Waals surface area contributed by atoms with Crippen molar-refractivity contribution in [3.63, 3.8) is 0 Å². The average Bonchev–Trinajstić information content (AvgIpc) is 2.15. The van der Waals surface area contributed by atoms with Crippen molar-refractivity contribution in [2.75, 3.05) is 0 Å². The molecule has 0 aromatic rings. The third-order valence-corrected chi connectivity index (χ3v) is 2.36. The summed E-state index contributed by atoms with van der Waals surface area (Å²) in [7, 11) is 0. The molecule has 0 aromatic heterocycles. The molecule has 0 heterocycles. The number of hydrogen-bond acceptors (Lipinski definition) is 2. The normalized spacial score (nSPS) is 13.7. The zero-order valence-corrected chi connectivity index (χ0v) is 10.1. The second-order valence-corrected chi connectivity index (χ2v) is 4.15. The van der Waals surface area contributed by atoms with Crippen LogP contribution in [0.3, 0.4) is 0 Å². The van der Waals surface area contributed by atoms with Crippen LogP contribution in [-0.4, -0.2) is 16.3 Å². The van der Waals surface area contributed by atoms with Crippen LogP contribution in [0.2, 0.25) is 0 Å². The number of carbonyl (C=O) groups is 1. The molecule has 1 N–H and O–H groups in total. The molecule has 0 fully saturated rings. The van der Waals surface area contributed by atoms with Gasteiger partial charge in [0.05, 0.1) is 6.42 Å². The quantitative estimate of drug-likeness (QED) is 0.493. The molecule has 0 amide bonds. The molecule has 86 valence electrons. The van der Waals surface area contributed by atoms with E-state index in [9.17, 15) is 4.79 Å². The van der Waals surface area contributed by atoms with Gasteiger partial charge in [0.25, 0.3) is 0 Å². The molecule has 1 unspecified atom stereocenters. The molecule has 3 heteroatoms. The zero-order chi connectivity index (χ0) is 11.5. The highest BCUT2D eigenvalue weighted by Gasteiger charge is 2.06. The van der Waals surface area contributed by atoms with E-state index in [0.29, 0.717) is 0 Å². The molecule has 0 saturated heterocycles. The Morgan fingerprint density at radius 1 is 1.33 bits per heavy atom. The third-order valence-electron chi connectivity index (χ3n) is 1.92. The fourth-order valence-corrected chi connectivity index (χ4v) is 1.45. The van der Waals surface area contributed by atoms with Crippen LogP contribution in [0.1, 0.15) is 39.0 Å². The lowest BCUT2D eigenvalue weighted by atomic mass is 10.1. The Balaban J connectivity index is 3.43. The predicted octanol–water partition coefficient (Wildman–Crippen LogP) is 3.45. The van der Waals surface area contributed by atoms with Gasteiger partial charge in [0.2, 0.25) is 0 Å². The summed E-state index contributed by atoms with van der Waals surface area (Å²) in [5.74, 6) is -0.773. The summed E-state index contributed by atoms with van der Waals surface area (Å²) in [6.45, 7) is 2.11. The number of carboxylic acid groups (broad SMARTS) is 1. The van der Waals surface area contributed by atoms with Crippen LogP contribution in [0.25, 0.3) is 0 Å². The van der Waals surface area contributed by atoms with Crippen LogP contribution in [0.4, 0.5) is 0 Å². The molecule has 0 aromatic carbocycles. The van der Waals surface area contributed by atoms with Gasteiger partial charge in [-0.3, -0.25) is 4.79 Å². The minimum atomic E-state index is -0.773. The smallest absolute Gasteiger partial charge is 0.304 e. The van der Waals surface area contributed by atoms with Gasteiger partial charge in [-0.2, -0.15) is 12.6 Å². The van der Waals surface area contributed by atoms with E-state index < -0.39 is 5.97 Å². The van der Waals surface area contributed by atoms with Crippen molar-refractivity contribution in [1.82, 2.24) is 0 Å². The molecule has 2 nitrogen and oxygen atoms in total. The standard InChI is InChI=1S/C12H20O2S/c1-2-3-4-5-6-7-8-9-11(15)10-12(13)14/h3-4,6-7,11,15H,2,5,8-10H2,1H3,(H,13,14)/b4-3+,7-6+. The van der Waals surface area contributed by atoms with Crippen LogP contribution in [-0.2, 0) is 4.79 Å². The van der Waals surface area contributed by atoms with Gasteiger partial charge in [-0.1, -0.05) is 31.2 Å². The van der Waals surface area contributed by atoms with Crippen molar-refractivity contribution < 1.29 is 9.90 Å². The van der Waals surface area contributed by atoms with Crippen LogP contribution in [0, 0.1) is 0 Å². The zero-order valence-electron chi connectivity index (χ0n) is 9.22. The molecule has 15 heavy (non-hydrogen) atoms. The average molecular weight is 228 g/mol. The van der Waals surface area contributed by atoms with Crippen molar-refractivity contribution >= 4 is 18.6 Å². The van der Waals surface area contributed by atoms with E-state index in [4.69, 9.17) is 5.11 Å². The maximum atomic E-state index is 10.3. The van der Waals surface area contributed by atoms with E-state index >= 15 is 0 Å². The highest BCUT2D eigenvalue weighted by molar-refractivity contribution is 7.81. The summed E-state index contributed by atoms with van der Waals surface area (Å²) < 4.78 is 0. The predicted molar refractivity (Wildman–Crippen MR) is 67.4 cm³/mol. The Hall–Kier alpha value is -0.700. The summed E-state index contributed by atoms with van der Waals surface area (Å²) in [6.07, 6.45) is 12.4. The second kappa shape index (κ2) is 9.84. The Morgan fingerprint density at radius 3 is 2.60 bits per heavy atom. The number of rotatable bonds is 8. The van der Waals surface area contributed by atoms with Gasteiger partial charge in [0.1, 0.15) is 0 Å². The van der Waals surface area contributed by atoms with Crippen molar-refractivity contribution in [1.29, 1.82) is 0 Å². The largest absolute Gasteiger partial charge is 0.481 e. The highest BCUT2D eigenvalue weighted by atomic mass is 32.1. The Kier molecular flexibility index (Phi) is 9.38. The van der Waals surface area contributed by atoms with E-state index in [0.717, 1.165) is 25.7 Å². The first-order chi connectivity index (χ1) is 7.16. The molecule has 0 radical (unpaired) electrons. The number of carboxylic acids is 1. The van der Waals surface area contributed by atoms with Crippen molar-refractivity contribution in [3.05, 3.63) is 24.3 Å². The minimum absolute atomic E-state index is 0.0293. The van der Waals surface area contributed by atoms with Crippen LogP contribution in [0.15, 0.2) is 24.3 Å². The lowest BCUT2D eigenvalue weighted by molar-refractivity contribution is -0.136.